The van der Waals surface area contributed by atoms with Crippen molar-refractivity contribution in [3.8, 4) is 0 Å². The predicted octanol–water partition coefficient (Wildman–Crippen LogP) is 5.56. The van der Waals surface area contributed by atoms with Crippen molar-refractivity contribution in [2.24, 2.45) is 5.16 Å². The molecule has 0 spiro atoms. The summed E-state index contributed by atoms with van der Waals surface area (Å²) < 4.78 is 13.1. The fraction of sp³-hybridized carbons (Fsp3) is 0.440. The van der Waals surface area contributed by atoms with Crippen LogP contribution in [0, 0.1) is 10.1 Å². The Labute approximate surface area is 198 Å². The number of non-ortho nitro benzene ring substituents is 1. The SMILES string of the molecule is COCCCCCCCOCn1c2ccc(/C(C)=N/OC(C)=O)cc2c2cc([N+](=O)[O-])ccc21. The molecule has 2 aromatic carbocycles. The summed E-state index contributed by atoms with van der Waals surface area (Å²) in [5, 5.41) is 16.8. The van der Waals surface area contributed by atoms with Gasteiger partial charge in [-0.15, -0.1) is 0 Å². The second-order valence-corrected chi connectivity index (χ2v) is 8.18. The van der Waals surface area contributed by atoms with Crippen molar-refractivity contribution in [2.45, 2.75) is 52.7 Å². The molecule has 0 saturated carbocycles. The molecule has 0 aliphatic heterocycles. The van der Waals surface area contributed by atoms with Crippen LogP contribution >= 0.6 is 0 Å². The Bertz CT molecular complexity index is 1180. The lowest BCUT2D eigenvalue weighted by Crippen LogP contribution is -2.04. The molecule has 0 amide bonds. The van der Waals surface area contributed by atoms with Crippen LogP contribution in [-0.4, -0.2) is 41.5 Å². The maximum Gasteiger partial charge on any atom is 0.331 e. The van der Waals surface area contributed by atoms with E-state index in [0.717, 1.165) is 66.1 Å². The number of carbonyl (C=O) groups excluding carboxylic acids is 1. The maximum absolute atomic E-state index is 11.4. The average Bonchev–Trinajstić information content (AvgIpc) is 3.13. The van der Waals surface area contributed by atoms with Crippen LogP contribution in [0.2, 0.25) is 0 Å². The summed E-state index contributed by atoms with van der Waals surface area (Å²) in [4.78, 5) is 26.8. The van der Waals surface area contributed by atoms with Crippen LogP contribution in [0.25, 0.3) is 21.8 Å². The highest BCUT2D eigenvalue weighted by Gasteiger charge is 2.16. The van der Waals surface area contributed by atoms with Crippen molar-refractivity contribution in [3.05, 3.63) is 52.1 Å². The highest BCUT2D eigenvalue weighted by Crippen LogP contribution is 2.32. The monoisotopic (exact) mass is 469 g/mol. The van der Waals surface area contributed by atoms with E-state index >= 15 is 0 Å². The first-order chi connectivity index (χ1) is 16.4. The minimum Gasteiger partial charge on any atom is -0.385 e. The minimum absolute atomic E-state index is 0.0247. The molecule has 9 nitrogen and oxygen atoms in total. The summed E-state index contributed by atoms with van der Waals surface area (Å²) in [6, 6.07) is 10.6. The van der Waals surface area contributed by atoms with E-state index in [0.29, 0.717) is 19.0 Å². The second-order valence-electron chi connectivity index (χ2n) is 8.18. The molecule has 0 atom stereocenters. The van der Waals surface area contributed by atoms with E-state index in [1.807, 2.05) is 22.8 Å². The fourth-order valence-electron chi connectivity index (χ4n) is 3.89. The van der Waals surface area contributed by atoms with Crippen molar-refractivity contribution in [1.82, 2.24) is 4.57 Å². The number of hydrogen-bond acceptors (Lipinski definition) is 7. The summed E-state index contributed by atoms with van der Waals surface area (Å²) in [6.07, 6.45) is 5.47. The minimum atomic E-state index is -0.500. The third kappa shape index (κ3) is 6.39. The van der Waals surface area contributed by atoms with Crippen LogP contribution in [0.5, 0.6) is 0 Å². The Morgan fingerprint density at radius 1 is 0.971 bits per heavy atom. The standard InChI is InChI=1S/C25H31N3O6/c1-18(26-34-19(2)29)20-9-11-24-22(15-20)23-16-21(28(30)31)10-12-25(23)27(24)17-33-14-8-6-4-5-7-13-32-3/h9-12,15-16H,4-8,13-14,17H2,1-3H3/b26-18+. The molecule has 3 rings (SSSR count). The highest BCUT2D eigenvalue weighted by atomic mass is 16.7. The number of unbranched alkanes of at least 4 members (excludes halogenated alkanes) is 4. The van der Waals surface area contributed by atoms with Gasteiger partial charge in [-0.1, -0.05) is 30.5 Å². The van der Waals surface area contributed by atoms with E-state index in [2.05, 4.69) is 5.16 Å². The molecule has 0 aliphatic carbocycles. The Balaban J connectivity index is 1.82. The molecule has 0 fully saturated rings. The van der Waals surface area contributed by atoms with Gasteiger partial charge >= 0.3 is 5.97 Å². The van der Waals surface area contributed by atoms with Gasteiger partial charge < -0.3 is 18.9 Å². The van der Waals surface area contributed by atoms with Crippen molar-refractivity contribution < 1.29 is 24.0 Å². The number of oxime groups is 1. The molecular formula is C25H31N3O6. The molecule has 0 unspecified atom stereocenters. The molecule has 0 saturated heterocycles. The van der Waals surface area contributed by atoms with E-state index in [9.17, 15) is 14.9 Å². The third-order valence-corrected chi connectivity index (χ3v) is 5.65. The molecule has 34 heavy (non-hydrogen) atoms. The summed E-state index contributed by atoms with van der Waals surface area (Å²) in [6.45, 7) is 4.82. The number of methoxy groups -OCH3 is 1. The number of fused-ring (bicyclic) bond motifs is 3. The molecule has 0 aliphatic rings. The van der Waals surface area contributed by atoms with E-state index in [1.54, 1.807) is 26.2 Å². The number of ether oxygens (including phenoxy) is 2. The lowest BCUT2D eigenvalue weighted by molar-refractivity contribution is -0.384. The first-order valence-electron chi connectivity index (χ1n) is 11.4. The predicted molar refractivity (Wildman–Crippen MR) is 131 cm³/mol. The molecule has 3 aromatic rings. The molecule has 9 heteroatoms. The molecule has 182 valence electrons. The van der Waals surface area contributed by atoms with Crippen molar-refractivity contribution in [3.63, 3.8) is 0 Å². The van der Waals surface area contributed by atoms with Gasteiger partial charge in [0.05, 0.1) is 21.7 Å². The Morgan fingerprint density at radius 2 is 1.62 bits per heavy atom. The zero-order valence-electron chi connectivity index (χ0n) is 19.9. The average molecular weight is 470 g/mol. The zero-order valence-corrected chi connectivity index (χ0v) is 19.9. The Morgan fingerprint density at radius 3 is 2.29 bits per heavy atom. The lowest BCUT2D eigenvalue weighted by Gasteiger charge is -2.09. The van der Waals surface area contributed by atoms with E-state index in [4.69, 9.17) is 14.3 Å². The number of aromatic nitrogens is 1. The van der Waals surface area contributed by atoms with Gasteiger partial charge in [-0.25, -0.2) is 4.79 Å². The van der Waals surface area contributed by atoms with Gasteiger partial charge in [0.1, 0.15) is 6.73 Å². The van der Waals surface area contributed by atoms with E-state index in [-0.39, 0.29) is 5.69 Å². The van der Waals surface area contributed by atoms with Crippen molar-refractivity contribution in [1.29, 1.82) is 0 Å². The number of nitro groups is 1. The molecule has 0 N–H and O–H groups in total. The highest BCUT2D eigenvalue weighted by molar-refractivity contribution is 6.12. The Kier molecular flexibility index (Phi) is 9.12. The van der Waals surface area contributed by atoms with Gasteiger partial charge in [0.2, 0.25) is 0 Å². The van der Waals surface area contributed by atoms with Crippen LogP contribution < -0.4 is 0 Å². The van der Waals surface area contributed by atoms with Crippen LogP contribution in [0.1, 0.15) is 51.5 Å². The lowest BCUT2D eigenvalue weighted by atomic mass is 10.1. The summed E-state index contributed by atoms with van der Waals surface area (Å²) >= 11 is 0. The number of rotatable bonds is 13. The molecule has 1 aromatic heterocycles. The van der Waals surface area contributed by atoms with E-state index in [1.165, 1.54) is 13.0 Å². The molecular weight excluding hydrogens is 438 g/mol. The van der Waals surface area contributed by atoms with Crippen LogP contribution in [0.3, 0.4) is 0 Å². The first-order valence-corrected chi connectivity index (χ1v) is 11.4. The zero-order chi connectivity index (χ0) is 24.5. The summed E-state index contributed by atoms with van der Waals surface area (Å²) in [5.41, 5.74) is 3.07. The quantitative estimate of drug-likeness (QED) is 0.107. The maximum atomic E-state index is 11.4. The van der Waals surface area contributed by atoms with E-state index < -0.39 is 10.9 Å². The number of nitro benzene ring substituents is 1. The largest absolute Gasteiger partial charge is 0.385 e. The van der Waals surface area contributed by atoms with Gasteiger partial charge in [0.25, 0.3) is 5.69 Å². The molecule has 0 radical (unpaired) electrons. The van der Waals surface area contributed by atoms with Gasteiger partial charge in [0.15, 0.2) is 0 Å². The summed E-state index contributed by atoms with van der Waals surface area (Å²) in [5.74, 6) is -0.500. The van der Waals surface area contributed by atoms with Crippen molar-refractivity contribution >= 4 is 39.2 Å². The third-order valence-electron chi connectivity index (χ3n) is 5.65. The molecule has 1 heterocycles. The number of benzene rings is 2. The number of carbonyl (C=O) groups is 1. The van der Waals surface area contributed by atoms with Gasteiger partial charge in [0, 0.05) is 50.2 Å². The van der Waals surface area contributed by atoms with Gasteiger partial charge in [-0.3, -0.25) is 10.1 Å². The van der Waals surface area contributed by atoms with Crippen molar-refractivity contribution in [2.75, 3.05) is 20.3 Å². The van der Waals surface area contributed by atoms with Crippen LogP contribution in [0.15, 0.2) is 41.6 Å². The smallest absolute Gasteiger partial charge is 0.331 e. The number of hydrogen-bond donors (Lipinski definition) is 0. The number of nitrogens with zero attached hydrogens (tertiary/aromatic N) is 3. The van der Waals surface area contributed by atoms with Gasteiger partial charge in [-0.05, 0) is 43.5 Å². The van der Waals surface area contributed by atoms with Crippen LogP contribution in [-0.2, 0) is 25.8 Å². The molecule has 0 bridgehead atoms. The topological polar surface area (TPSA) is 105 Å². The summed E-state index contributed by atoms with van der Waals surface area (Å²) in [7, 11) is 1.72. The second kappa shape index (κ2) is 12.2. The van der Waals surface area contributed by atoms with Crippen LogP contribution in [0.4, 0.5) is 5.69 Å². The van der Waals surface area contributed by atoms with Gasteiger partial charge in [-0.2, -0.15) is 0 Å². The Hall–Kier alpha value is -3.30. The normalized spacial score (nSPS) is 11.9. The fourth-order valence-corrected chi connectivity index (χ4v) is 3.89. The first kappa shape index (κ1) is 25.3.